The van der Waals surface area contributed by atoms with Gasteiger partial charge in [0.05, 0.1) is 12.5 Å². The number of unbranched alkanes of at least 4 members (excludes halogenated alkanes) is 3. The van der Waals surface area contributed by atoms with Crippen LogP contribution >= 0.6 is 15.9 Å². The predicted octanol–water partition coefficient (Wildman–Crippen LogP) is 3.55. The topological polar surface area (TPSA) is 20.2 Å². The first-order chi connectivity index (χ1) is 6.02. The Bertz CT molecular complexity index is 125. The van der Waals surface area contributed by atoms with Crippen LogP contribution in [0.3, 0.4) is 0 Å². The Morgan fingerprint density at radius 3 is 2.31 bits per heavy atom. The van der Waals surface area contributed by atoms with Gasteiger partial charge in [-0.2, -0.15) is 8.78 Å². The third kappa shape index (κ3) is 6.38. The van der Waals surface area contributed by atoms with Crippen LogP contribution in [0, 0.1) is 5.92 Å². The summed E-state index contributed by atoms with van der Waals surface area (Å²) in [6.07, 6.45) is 4.28. The lowest BCUT2D eigenvalue weighted by Crippen LogP contribution is -2.24. The number of aliphatic hydroxyl groups excluding tert-OH is 1. The molecule has 0 spiro atoms. The average Bonchev–Trinajstić information content (AvgIpc) is 2.02. The van der Waals surface area contributed by atoms with E-state index in [9.17, 15) is 8.78 Å². The Kier molecular flexibility index (Phi) is 6.86. The molecule has 1 atom stereocenters. The van der Waals surface area contributed by atoms with Crippen LogP contribution in [-0.2, 0) is 0 Å². The molecule has 0 amide bonds. The first-order valence-corrected chi connectivity index (χ1v) is 5.49. The van der Waals surface area contributed by atoms with E-state index in [1.54, 1.807) is 0 Å². The van der Waals surface area contributed by atoms with Crippen molar-refractivity contribution in [1.29, 1.82) is 0 Å². The van der Waals surface area contributed by atoms with Gasteiger partial charge in [-0.3, -0.25) is 0 Å². The molecule has 0 aromatic heterocycles. The average molecular weight is 259 g/mol. The van der Waals surface area contributed by atoms with Gasteiger partial charge in [0.2, 0.25) is 0 Å². The number of aliphatic hydroxyl groups is 1. The van der Waals surface area contributed by atoms with E-state index in [1.165, 1.54) is 0 Å². The monoisotopic (exact) mass is 258 g/mol. The van der Waals surface area contributed by atoms with Gasteiger partial charge >= 0.3 is 4.83 Å². The van der Waals surface area contributed by atoms with Gasteiger partial charge < -0.3 is 5.11 Å². The lowest BCUT2D eigenvalue weighted by atomic mass is 10.0. The second-order valence-corrected chi connectivity index (χ2v) is 4.33. The summed E-state index contributed by atoms with van der Waals surface area (Å²) < 4.78 is 25.3. The summed E-state index contributed by atoms with van der Waals surface area (Å²) in [5.74, 6) is -0.940. The lowest BCUT2D eigenvalue weighted by molar-refractivity contribution is 0.0100. The maximum absolute atomic E-state index is 12.7. The summed E-state index contributed by atoms with van der Waals surface area (Å²) in [5, 5.41) is 8.71. The molecule has 0 aliphatic rings. The molecule has 0 aromatic carbocycles. The fraction of sp³-hybridized carbons (Fsp3) is 1.00. The molecule has 0 aromatic rings. The van der Waals surface area contributed by atoms with E-state index < -0.39 is 17.4 Å². The second kappa shape index (κ2) is 6.71. The van der Waals surface area contributed by atoms with E-state index in [-0.39, 0.29) is 0 Å². The highest BCUT2D eigenvalue weighted by Crippen LogP contribution is 2.34. The largest absolute Gasteiger partial charge is 0.396 e. The Morgan fingerprint density at radius 1 is 1.31 bits per heavy atom. The predicted molar refractivity (Wildman–Crippen MR) is 53.2 cm³/mol. The van der Waals surface area contributed by atoms with Gasteiger partial charge in [-0.1, -0.05) is 32.6 Å². The van der Waals surface area contributed by atoms with Crippen LogP contribution in [0.1, 0.15) is 39.0 Å². The number of hydrogen-bond acceptors (Lipinski definition) is 1. The third-order valence-corrected chi connectivity index (χ3v) is 2.74. The molecule has 0 rings (SSSR count). The minimum absolute atomic E-state index is 0.384. The molecule has 0 radical (unpaired) electrons. The summed E-state index contributed by atoms with van der Waals surface area (Å²) in [7, 11) is 0. The first-order valence-electron chi connectivity index (χ1n) is 4.70. The lowest BCUT2D eigenvalue weighted by Gasteiger charge is -2.19. The molecule has 1 nitrogen and oxygen atoms in total. The fourth-order valence-electron chi connectivity index (χ4n) is 1.18. The molecule has 0 aliphatic carbocycles. The Morgan fingerprint density at radius 2 is 1.92 bits per heavy atom. The van der Waals surface area contributed by atoms with E-state index in [1.807, 2.05) is 0 Å². The van der Waals surface area contributed by atoms with Crippen molar-refractivity contribution < 1.29 is 13.9 Å². The van der Waals surface area contributed by atoms with Crippen molar-refractivity contribution >= 4 is 15.9 Å². The number of rotatable bonds is 7. The van der Waals surface area contributed by atoms with Crippen LogP contribution in [-0.4, -0.2) is 16.5 Å². The van der Waals surface area contributed by atoms with Crippen LogP contribution < -0.4 is 0 Å². The highest BCUT2D eigenvalue weighted by molar-refractivity contribution is 9.10. The minimum Gasteiger partial charge on any atom is -0.396 e. The molecule has 0 saturated heterocycles. The minimum atomic E-state index is -2.92. The zero-order valence-electron chi connectivity index (χ0n) is 7.90. The van der Waals surface area contributed by atoms with E-state index in [2.05, 4.69) is 22.9 Å². The highest BCUT2D eigenvalue weighted by atomic mass is 79.9. The van der Waals surface area contributed by atoms with Crippen LogP contribution in [0.2, 0.25) is 0 Å². The van der Waals surface area contributed by atoms with Crippen molar-refractivity contribution in [3.8, 4) is 0 Å². The molecule has 0 bridgehead atoms. The molecule has 0 fully saturated rings. The number of hydrogen-bond donors (Lipinski definition) is 1. The van der Waals surface area contributed by atoms with Crippen LogP contribution in [0.4, 0.5) is 8.78 Å². The maximum Gasteiger partial charge on any atom is 0.306 e. The van der Waals surface area contributed by atoms with Crippen molar-refractivity contribution in [1.82, 2.24) is 0 Å². The second-order valence-electron chi connectivity index (χ2n) is 3.27. The number of halogens is 3. The molecule has 4 heteroatoms. The van der Waals surface area contributed by atoms with Crippen LogP contribution in [0.15, 0.2) is 0 Å². The molecular formula is C9H17BrF2O. The van der Waals surface area contributed by atoms with E-state index >= 15 is 0 Å². The van der Waals surface area contributed by atoms with Crippen molar-refractivity contribution in [2.45, 2.75) is 43.9 Å². The molecule has 80 valence electrons. The van der Waals surface area contributed by atoms with E-state index in [0.717, 1.165) is 25.7 Å². The third-order valence-electron chi connectivity index (χ3n) is 2.09. The molecular weight excluding hydrogens is 242 g/mol. The van der Waals surface area contributed by atoms with Crippen molar-refractivity contribution in [2.24, 2.45) is 5.92 Å². The summed E-state index contributed by atoms with van der Waals surface area (Å²) >= 11 is 2.28. The summed E-state index contributed by atoms with van der Waals surface area (Å²) in [5.41, 5.74) is 0. The smallest absolute Gasteiger partial charge is 0.306 e. The van der Waals surface area contributed by atoms with Gasteiger partial charge in [-0.25, -0.2) is 0 Å². The van der Waals surface area contributed by atoms with Gasteiger partial charge in [-0.15, -0.1) is 0 Å². The van der Waals surface area contributed by atoms with Gasteiger partial charge in [0.25, 0.3) is 0 Å². The van der Waals surface area contributed by atoms with Gasteiger partial charge in [0, 0.05) is 0 Å². The summed E-state index contributed by atoms with van der Waals surface area (Å²) in [6, 6.07) is 0. The molecule has 0 unspecified atom stereocenters. The normalized spacial score (nSPS) is 14.5. The van der Waals surface area contributed by atoms with Gasteiger partial charge in [-0.05, 0) is 22.4 Å². The van der Waals surface area contributed by atoms with E-state index in [4.69, 9.17) is 5.11 Å². The Balaban J connectivity index is 3.61. The molecule has 1 N–H and O–H groups in total. The zero-order valence-corrected chi connectivity index (χ0v) is 9.49. The summed E-state index contributed by atoms with van der Waals surface area (Å²) in [6.45, 7) is 1.62. The Labute approximate surface area is 86.7 Å². The van der Waals surface area contributed by atoms with Crippen molar-refractivity contribution in [3.05, 3.63) is 0 Å². The zero-order chi connectivity index (χ0) is 10.3. The van der Waals surface area contributed by atoms with Gasteiger partial charge in [0.15, 0.2) is 0 Å². The number of alkyl halides is 3. The van der Waals surface area contributed by atoms with Gasteiger partial charge in [0.1, 0.15) is 0 Å². The first kappa shape index (κ1) is 13.3. The maximum atomic E-state index is 12.7. The van der Waals surface area contributed by atoms with Crippen molar-refractivity contribution in [3.63, 3.8) is 0 Å². The molecule has 0 saturated carbocycles. The highest BCUT2D eigenvalue weighted by Gasteiger charge is 2.34. The molecule has 0 aliphatic heterocycles. The fourth-order valence-corrected chi connectivity index (χ4v) is 1.55. The quantitative estimate of drug-likeness (QED) is 0.547. The Hall–Kier alpha value is 0.300. The van der Waals surface area contributed by atoms with Crippen LogP contribution in [0.25, 0.3) is 0 Å². The summed E-state index contributed by atoms with van der Waals surface area (Å²) in [4.78, 5) is -2.92. The van der Waals surface area contributed by atoms with E-state index in [0.29, 0.717) is 6.42 Å². The SMILES string of the molecule is CCCCCC[C@@H](CO)C(F)(F)Br. The van der Waals surface area contributed by atoms with Crippen LogP contribution in [0.5, 0.6) is 0 Å². The molecule has 13 heavy (non-hydrogen) atoms. The standard InChI is InChI=1S/C9H17BrF2O/c1-2-3-4-5-6-8(7-13)9(10,11)12/h8,13H,2-7H2,1H3/t8-/m0/s1. The molecule has 0 heterocycles. The van der Waals surface area contributed by atoms with Crippen molar-refractivity contribution in [2.75, 3.05) is 6.61 Å².